The molecule has 2 N–H and O–H groups in total. The fraction of sp³-hybridized carbons (Fsp3) is 0.691. The van der Waals surface area contributed by atoms with Gasteiger partial charge in [-0.1, -0.05) is 346 Å². The first-order chi connectivity index (χ1) is 52.0. The number of allylic oxidation sites excluding steroid dienone is 4. The molecule has 0 bridgehead atoms. The number of ether oxygens (including phenoxy) is 1. The Morgan fingerprint density at radius 1 is 0.306 bits per heavy atom. The summed E-state index contributed by atoms with van der Waals surface area (Å²) in [7, 11) is 1.44. The summed E-state index contributed by atoms with van der Waals surface area (Å²) in [6, 6.07) is 20.8. The van der Waals surface area contributed by atoms with E-state index in [0.717, 1.165) is 69.8 Å². The number of benzene rings is 3. The maximum absolute atomic E-state index is 10.9. The maximum atomic E-state index is 10.9. The van der Waals surface area contributed by atoms with Crippen molar-refractivity contribution in [3.63, 3.8) is 0 Å². The first-order valence-corrected chi connectivity index (χ1v) is 43.5. The van der Waals surface area contributed by atoms with Gasteiger partial charge in [-0.3, -0.25) is 19.2 Å². The number of phenols is 2. The lowest BCUT2D eigenvalue weighted by molar-refractivity contribution is -0.117. The van der Waals surface area contributed by atoms with Gasteiger partial charge in [-0.05, 0) is 155 Å². The molecule has 3 aromatic carbocycles. The predicted octanol–water partition coefficient (Wildman–Crippen LogP) is 29.4. The molecular formula is C97H166O11. The quantitative estimate of drug-likeness (QED) is 0.0237. The highest BCUT2D eigenvalue weighted by molar-refractivity contribution is 5.96. The van der Waals surface area contributed by atoms with Gasteiger partial charge in [0.25, 0.3) is 0 Å². The molecule has 620 valence electrons. The Morgan fingerprint density at radius 3 is 0.907 bits per heavy atom. The van der Waals surface area contributed by atoms with E-state index in [-0.39, 0.29) is 34.6 Å². The van der Waals surface area contributed by atoms with E-state index in [1.165, 1.54) is 309 Å². The summed E-state index contributed by atoms with van der Waals surface area (Å²) in [5.74, 6) is 1.96. The van der Waals surface area contributed by atoms with Crippen LogP contribution in [0.5, 0.6) is 17.2 Å². The van der Waals surface area contributed by atoms with Gasteiger partial charge in [0.2, 0.25) is 0 Å². The second kappa shape index (κ2) is 89.8. The van der Waals surface area contributed by atoms with Crippen LogP contribution in [-0.4, -0.2) is 63.6 Å². The molecule has 0 amide bonds. The lowest BCUT2D eigenvalue weighted by Crippen LogP contribution is -1.94. The second-order valence-electron chi connectivity index (χ2n) is 29.7. The topological polar surface area (TPSA) is 186 Å². The van der Waals surface area contributed by atoms with E-state index in [1.54, 1.807) is 71.9 Å². The van der Waals surface area contributed by atoms with Crippen molar-refractivity contribution < 1.29 is 53.3 Å². The van der Waals surface area contributed by atoms with Gasteiger partial charge in [0, 0.05) is 37.7 Å². The molecule has 11 heteroatoms. The van der Waals surface area contributed by atoms with Crippen molar-refractivity contribution in [3.8, 4) is 17.2 Å². The molecular weight excluding hydrogens is 1340 g/mol. The Labute approximate surface area is 664 Å². The number of ketones is 8. The van der Waals surface area contributed by atoms with Gasteiger partial charge in [-0.15, -0.1) is 0 Å². The summed E-state index contributed by atoms with van der Waals surface area (Å²) in [5, 5.41) is 18.2. The third-order valence-corrected chi connectivity index (χ3v) is 18.2. The molecule has 0 atom stereocenters. The number of hydrogen-bond donors (Lipinski definition) is 2. The minimum Gasteiger partial charge on any atom is -0.507 e. The first-order valence-electron chi connectivity index (χ1n) is 43.5. The third kappa shape index (κ3) is 96.0. The molecule has 0 radical (unpaired) electrons. The van der Waals surface area contributed by atoms with Crippen LogP contribution in [0, 0.1) is 0 Å². The molecule has 0 aliphatic rings. The minimum atomic E-state index is -0.113. The van der Waals surface area contributed by atoms with Crippen molar-refractivity contribution in [2.75, 3.05) is 7.11 Å². The number of para-hydroxylation sites is 1. The largest absolute Gasteiger partial charge is 0.507 e. The molecule has 108 heavy (non-hydrogen) atoms. The molecule has 0 heterocycles. The molecule has 0 fully saturated rings. The van der Waals surface area contributed by atoms with E-state index in [0.29, 0.717) is 46.4 Å². The molecule has 3 aromatic rings. The van der Waals surface area contributed by atoms with Crippen molar-refractivity contribution in [1.29, 1.82) is 0 Å². The predicted molar refractivity (Wildman–Crippen MR) is 464 cm³/mol. The number of carbonyl (C=O) groups excluding carboxylic acids is 8. The van der Waals surface area contributed by atoms with Gasteiger partial charge in [-0.25, -0.2) is 0 Å². The van der Waals surface area contributed by atoms with E-state index in [4.69, 9.17) is 9.84 Å². The van der Waals surface area contributed by atoms with E-state index >= 15 is 0 Å². The first kappa shape index (κ1) is 110. The average molecular weight is 1510 g/mol. The van der Waals surface area contributed by atoms with Crippen LogP contribution >= 0.6 is 0 Å². The van der Waals surface area contributed by atoms with Gasteiger partial charge < -0.3 is 34.1 Å². The highest BCUT2D eigenvalue weighted by Crippen LogP contribution is 2.26. The number of hydrogen-bond acceptors (Lipinski definition) is 11. The zero-order valence-electron chi connectivity index (χ0n) is 72.3. The lowest BCUT2D eigenvalue weighted by atomic mass is 10.0. The van der Waals surface area contributed by atoms with Crippen LogP contribution < -0.4 is 4.74 Å². The zero-order chi connectivity index (χ0) is 81.6. The van der Waals surface area contributed by atoms with E-state index < -0.39 is 0 Å². The molecule has 11 nitrogen and oxygen atoms in total. The summed E-state index contributed by atoms with van der Waals surface area (Å²) in [5.41, 5.74) is 2.00. The molecule has 0 saturated carbocycles. The van der Waals surface area contributed by atoms with Crippen LogP contribution in [-0.2, 0) is 35.2 Å². The summed E-state index contributed by atoms with van der Waals surface area (Å²) in [6.45, 7) is 23.9. The lowest BCUT2D eigenvalue weighted by Gasteiger charge is -2.03. The molecule has 0 aliphatic heterocycles. The monoisotopic (exact) mass is 1510 g/mol. The third-order valence-electron chi connectivity index (χ3n) is 18.2. The standard InChI is InChI=1S/C19H38O.C19H36O.C17H34O.C10H18O.C9H10O3.C9H10O.C8H8O2.C6H12O/c2*1-3-4-5-6-7-8-9-10-11-12-13-14-15-16-17-18-19(2)20;1-3-4-5-6-7-8-9-10-11-12-13-14-15-16-17(2)18;1-3-4-5-6-7-8-9-10(2)11;1-6(10)7-3-4-8(11)9(5-7)12-2;1-8(10)7-9-5-3-2-4-6-9;1-6(9)7-4-2-3-5-8(7)10;1-3-4-5-6(2)7/h3-18H2,1-2H3;6-7H,3-5,8-18H2,1-2H3;3-16H2,1-2H3;8-9H,3-7H2,1-2H3;3-5,11H,1-2H3;2-6H,7H2,1H3;2-5,10H,1H3;3-5H2,1-2H3/b;7-6-;;9-8+;;;;. The van der Waals surface area contributed by atoms with Crippen molar-refractivity contribution in [1.82, 2.24) is 0 Å². The van der Waals surface area contributed by atoms with Gasteiger partial charge in [-0.2, -0.15) is 0 Å². The van der Waals surface area contributed by atoms with Crippen LogP contribution in [0.4, 0.5) is 0 Å². The number of rotatable bonds is 59. The van der Waals surface area contributed by atoms with Gasteiger partial charge in [0.1, 0.15) is 34.7 Å². The number of Topliss-reactive ketones (excluding diaryl/α,β-unsaturated/α-hetero) is 7. The highest BCUT2D eigenvalue weighted by Gasteiger charge is 2.06. The molecule has 0 aliphatic carbocycles. The summed E-state index contributed by atoms with van der Waals surface area (Å²) < 4.78 is 4.83. The smallest absolute Gasteiger partial charge is 0.163 e. The Balaban J connectivity index is -0.000000382. The number of unbranched alkanes of at least 4 members (excludes halogenated alkanes) is 42. The number of phenolic OH excluding ortho intramolecular Hbond substituents is 2. The van der Waals surface area contributed by atoms with Crippen LogP contribution in [0.25, 0.3) is 0 Å². The average Bonchev–Trinajstić information content (AvgIpc) is 0.725. The number of carbonyl (C=O) groups is 8. The van der Waals surface area contributed by atoms with Crippen LogP contribution in [0.1, 0.15) is 450 Å². The second-order valence-corrected chi connectivity index (χ2v) is 29.7. The van der Waals surface area contributed by atoms with Crippen LogP contribution in [0.2, 0.25) is 0 Å². The number of aromatic hydroxyl groups is 2. The molecule has 0 spiro atoms. The Bertz CT molecular complexity index is 2600. The highest BCUT2D eigenvalue weighted by atomic mass is 16.5. The molecule has 0 unspecified atom stereocenters. The van der Waals surface area contributed by atoms with Crippen molar-refractivity contribution in [2.24, 2.45) is 0 Å². The Kier molecular flexibility index (Phi) is 91.9. The molecule has 0 saturated heterocycles. The van der Waals surface area contributed by atoms with Crippen LogP contribution in [0.3, 0.4) is 0 Å². The normalized spacial score (nSPS) is 10.4. The van der Waals surface area contributed by atoms with Crippen molar-refractivity contribution >= 4 is 46.3 Å². The van der Waals surface area contributed by atoms with Crippen LogP contribution in [0.15, 0.2) is 97.1 Å². The Hall–Kier alpha value is -6.10. The zero-order valence-corrected chi connectivity index (χ0v) is 72.3. The van der Waals surface area contributed by atoms with Crippen molar-refractivity contribution in [3.05, 3.63) is 114 Å². The SMILES string of the molecule is CC(=O)Cc1ccccc1.CC(=O)c1ccccc1O.CCCC/C=C\CCCCCCCCCCCC(C)=O.CCCCC(C)=O.CCCCCC/C=C/C(C)=O.CCCCCCCCCCCCCCCC(C)=O.CCCCCCCCCCCCCCCCCC(C)=O.COc1cc(C(C)=O)ccc1O. The Morgan fingerprint density at radius 2 is 0.611 bits per heavy atom. The van der Waals surface area contributed by atoms with Gasteiger partial charge >= 0.3 is 0 Å². The minimum absolute atomic E-state index is 0.0440. The summed E-state index contributed by atoms with van der Waals surface area (Å²) >= 11 is 0. The van der Waals surface area contributed by atoms with E-state index in [9.17, 15) is 43.5 Å². The van der Waals surface area contributed by atoms with Crippen molar-refractivity contribution in [2.45, 2.75) is 430 Å². The summed E-state index contributed by atoms with van der Waals surface area (Å²) in [4.78, 5) is 85.2. The number of methoxy groups -OCH3 is 1. The molecule has 3 rings (SSSR count). The maximum Gasteiger partial charge on any atom is 0.163 e. The molecule has 0 aromatic heterocycles. The fourth-order valence-corrected chi connectivity index (χ4v) is 11.5. The fourth-order valence-electron chi connectivity index (χ4n) is 11.5. The van der Waals surface area contributed by atoms with E-state index in [2.05, 4.69) is 46.8 Å². The van der Waals surface area contributed by atoms with Gasteiger partial charge in [0.05, 0.1) is 12.7 Å². The van der Waals surface area contributed by atoms with Gasteiger partial charge in [0.15, 0.2) is 28.8 Å². The summed E-state index contributed by atoms with van der Waals surface area (Å²) in [6.07, 6.45) is 76.1. The van der Waals surface area contributed by atoms with E-state index in [1.807, 2.05) is 36.4 Å².